The Hall–Kier alpha value is -3.34. The van der Waals surface area contributed by atoms with Crippen molar-refractivity contribution in [3.8, 4) is 11.3 Å². The molecule has 2 heterocycles. The minimum atomic E-state index is -4.40. The number of imidazole rings is 1. The van der Waals surface area contributed by atoms with Crippen molar-refractivity contribution in [3.63, 3.8) is 0 Å². The minimum Gasteiger partial charge on any atom is -0.292 e. The Bertz CT molecular complexity index is 1510. The maximum absolute atomic E-state index is 13.6. The molecule has 0 spiro atoms. The molecule has 0 radical (unpaired) electrons. The summed E-state index contributed by atoms with van der Waals surface area (Å²) in [4.78, 5) is 4.71. The van der Waals surface area contributed by atoms with Crippen LogP contribution in [0.1, 0.15) is 48.4 Å². The van der Waals surface area contributed by atoms with Crippen LogP contribution in [0, 0.1) is 13.8 Å². The van der Waals surface area contributed by atoms with Gasteiger partial charge in [0.05, 0.1) is 23.0 Å². The third-order valence-corrected chi connectivity index (χ3v) is 6.75. The van der Waals surface area contributed by atoms with Crippen LogP contribution in [0.15, 0.2) is 60.8 Å². The van der Waals surface area contributed by atoms with Crippen LogP contribution in [0.3, 0.4) is 0 Å². The van der Waals surface area contributed by atoms with E-state index in [0.717, 1.165) is 76.0 Å². The molecule has 0 saturated carbocycles. The van der Waals surface area contributed by atoms with Crippen LogP contribution in [-0.4, -0.2) is 9.38 Å². The van der Waals surface area contributed by atoms with Crippen molar-refractivity contribution in [2.45, 2.75) is 52.6 Å². The molecular weight excluding hydrogens is 433 g/mol. The van der Waals surface area contributed by atoms with E-state index in [0.29, 0.717) is 11.0 Å². The summed E-state index contributed by atoms with van der Waals surface area (Å²) in [7, 11) is 0. The second-order valence-electron chi connectivity index (χ2n) is 9.14. The molecule has 0 saturated heterocycles. The lowest BCUT2D eigenvalue weighted by molar-refractivity contribution is -0.137. The molecule has 34 heavy (non-hydrogen) atoms. The molecule has 0 aliphatic rings. The van der Waals surface area contributed by atoms with Crippen molar-refractivity contribution in [1.82, 2.24) is 9.38 Å². The van der Waals surface area contributed by atoms with Crippen LogP contribution in [-0.2, 0) is 12.6 Å². The standard InChI is InChI=1S/C29H27F3N2/c1-4-5-6-10-20-11-14-25-24(15-20)23-16-21(29(30,31)32)12-13-22(23)28-33-17-26(34(25)28)27-18(2)8-7-9-19(27)3/h7-9,11-17H,4-6,10H2,1-3H3. The molecule has 3 aromatic carbocycles. The van der Waals surface area contributed by atoms with E-state index in [4.69, 9.17) is 4.98 Å². The van der Waals surface area contributed by atoms with Crippen molar-refractivity contribution < 1.29 is 13.2 Å². The van der Waals surface area contributed by atoms with Gasteiger partial charge in [-0.25, -0.2) is 4.98 Å². The van der Waals surface area contributed by atoms with Crippen molar-refractivity contribution in [2.24, 2.45) is 0 Å². The van der Waals surface area contributed by atoms with E-state index >= 15 is 0 Å². The van der Waals surface area contributed by atoms with Crippen LogP contribution in [0.5, 0.6) is 0 Å². The second kappa shape index (κ2) is 8.46. The van der Waals surface area contributed by atoms with Crippen LogP contribution in [0.25, 0.3) is 38.6 Å². The number of pyridine rings is 1. The van der Waals surface area contributed by atoms with Gasteiger partial charge in [-0.2, -0.15) is 13.2 Å². The fraction of sp³-hybridized carbons (Fsp3) is 0.276. The number of benzene rings is 3. The van der Waals surface area contributed by atoms with Crippen LogP contribution in [0.4, 0.5) is 13.2 Å². The van der Waals surface area contributed by atoms with Crippen LogP contribution in [0.2, 0.25) is 0 Å². The highest BCUT2D eigenvalue weighted by Crippen LogP contribution is 2.38. The lowest BCUT2D eigenvalue weighted by Gasteiger charge is -2.16. The molecule has 0 bridgehead atoms. The highest BCUT2D eigenvalue weighted by atomic mass is 19.4. The van der Waals surface area contributed by atoms with E-state index in [-0.39, 0.29) is 0 Å². The molecule has 0 aliphatic carbocycles. The molecule has 2 nitrogen and oxygen atoms in total. The number of unbranched alkanes of at least 4 members (excludes halogenated alkanes) is 2. The van der Waals surface area contributed by atoms with Crippen molar-refractivity contribution >= 4 is 27.3 Å². The van der Waals surface area contributed by atoms with Gasteiger partial charge in [-0.15, -0.1) is 0 Å². The largest absolute Gasteiger partial charge is 0.416 e. The third-order valence-electron chi connectivity index (χ3n) is 6.75. The highest BCUT2D eigenvalue weighted by molar-refractivity contribution is 6.12. The number of hydrogen-bond acceptors (Lipinski definition) is 1. The Labute approximate surface area is 197 Å². The Morgan fingerprint density at radius 1 is 0.853 bits per heavy atom. The Balaban J connectivity index is 1.87. The van der Waals surface area contributed by atoms with Gasteiger partial charge < -0.3 is 0 Å². The fourth-order valence-electron chi connectivity index (χ4n) is 5.05. The molecule has 5 aromatic rings. The Kier molecular flexibility index (Phi) is 5.59. The maximum Gasteiger partial charge on any atom is 0.416 e. The molecule has 174 valence electrons. The quantitative estimate of drug-likeness (QED) is 0.189. The monoisotopic (exact) mass is 460 g/mol. The molecule has 0 atom stereocenters. The molecule has 0 fully saturated rings. The van der Waals surface area contributed by atoms with E-state index < -0.39 is 11.7 Å². The molecule has 0 aliphatic heterocycles. The Morgan fingerprint density at radius 2 is 1.62 bits per heavy atom. The van der Waals surface area contributed by atoms with E-state index in [1.54, 1.807) is 6.07 Å². The van der Waals surface area contributed by atoms with Gasteiger partial charge in [0, 0.05) is 16.3 Å². The van der Waals surface area contributed by atoms with E-state index in [2.05, 4.69) is 49.4 Å². The van der Waals surface area contributed by atoms with Gasteiger partial charge in [0.2, 0.25) is 0 Å². The first kappa shape index (κ1) is 22.5. The molecule has 0 amide bonds. The molecule has 0 N–H and O–H groups in total. The molecule has 5 rings (SSSR count). The first-order valence-corrected chi connectivity index (χ1v) is 11.8. The van der Waals surface area contributed by atoms with E-state index in [9.17, 15) is 13.2 Å². The first-order valence-electron chi connectivity index (χ1n) is 11.8. The maximum atomic E-state index is 13.6. The summed E-state index contributed by atoms with van der Waals surface area (Å²) >= 11 is 0. The fourth-order valence-corrected chi connectivity index (χ4v) is 5.05. The molecule has 0 unspecified atom stereocenters. The van der Waals surface area contributed by atoms with E-state index in [1.165, 1.54) is 6.07 Å². The first-order chi connectivity index (χ1) is 16.3. The summed E-state index contributed by atoms with van der Waals surface area (Å²) in [5.74, 6) is 0. The lowest BCUT2D eigenvalue weighted by Crippen LogP contribution is -2.05. The zero-order chi connectivity index (χ0) is 24.0. The van der Waals surface area contributed by atoms with Crippen LogP contribution >= 0.6 is 0 Å². The van der Waals surface area contributed by atoms with Gasteiger partial charge in [-0.05, 0) is 73.0 Å². The number of alkyl halides is 3. The summed E-state index contributed by atoms with van der Waals surface area (Å²) in [5, 5.41) is 2.14. The van der Waals surface area contributed by atoms with Gasteiger partial charge in [0.25, 0.3) is 0 Å². The molecular formula is C29H27F3N2. The van der Waals surface area contributed by atoms with Crippen molar-refractivity contribution in [1.29, 1.82) is 0 Å². The number of halogens is 3. The van der Waals surface area contributed by atoms with E-state index in [1.807, 2.05) is 18.3 Å². The molecule has 2 aromatic heterocycles. The highest BCUT2D eigenvalue weighted by Gasteiger charge is 2.31. The summed E-state index contributed by atoms with van der Waals surface area (Å²) < 4.78 is 42.9. The summed E-state index contributed by atoms with van der Waals surface area (Å²) in [6.07, 6.45) is 1.68. The van der Waals surface area contributed by atoms with Crippen LogP contribution < -0.4 is 0 Å². The average molecular weight is 461 g/mol. The Morgan fingerprint density at radius 3 is 2.32 bits per heavy atom. The third kappa shape index (κ3) is 3.73. The smallest absolute Gasteiger partial charge is 0.292 e. The number of rotatable bonds is 5. The van der Waals surface area contributed by atoms with Crippen molar-refractivity contribution in [3.05, 3.63) is 83.0 Å². The predicted octanol–water partition coefficient (Wildman–Crippen LogP) is 8.68. The zero-order valence-corrected chi connectivity index (χ0v) is 19.6. The average Bonchev–Trinajstić information content (AvgIpc) is 3.23. The normalized spacial score (nSPS) is 12.3. The number of fused-ring (bicyclic) bond motifs is 6. The minimum absolute atomic E-state index is 0.591. The number of hydrogen-bond donors (Lipinski definition) is 0. The second-order valence-corrected chi connectivity index (χ2v) is 9.14. The topological polar surface area (TPSA) is 17.3 Å². The summed E-state index contributed by atoms with van der Waals surface area (Å²) in [5.41, 5.74) is 6.39. The van der Waals surface area contributed by atoms with Gasteiger partial charge in [0.15, 0.2) is 0 Å². The van der Waals surface area contributed by atoms with Gasteiger partial charge >= 0.3 is 6.18 Å². The van der Waals surface area contributed by atoms with Gasteiger partial charge in [-0.3, -0.25) is 4.40 Å². The number of aromatic nitrogens is 2. The lowest BCUT2D eigenvalue weighted by atomic mass is 9.98. The van der Waals surface area contributed by atoms with Gasteiger partial charge in [0.1, 0.15) is 5.65 Å². The summed E-state index contributed by atoms with van der Waals surface area (Å²) in [6.45, 7) is 6.32. The van der Waals surface area contributed by atoms with Gasteiger partial charge in [-0.1, -0.05) is 50.1 Å². The zero-order valence-electron chi connectivity index (χ0n) is 19.6. The van der Waals surface area contributed by atoms with Crippen molar-refractivity contribution in [2.75, 3.05) is 0 Å². The number of aryl methyl sites for hydroxylation is 3. The predicted molar refractivity (Wildman–Crippen MR) is 133 cm³/mol. The SMILES string of the molecule is CCCCCc1ccc2c(c1)c1cc(C(F)(F)F)ccc1c1ncc(-c3c(C)cccc3C)n21. The molecule has 5 heteroatoms. The number of nitrogens with zero attached hydrogens (tertiary/aromatic N) is 2. The summed E-state index contributed by atoms with van der Waals surface area (Å²) in [6, 6.07) is 16.4.